The fraction of sp³-hybridized carbons (Fsp3) is 0.538. The third-order valence-corrected chi connectivity index (χ3v) is 3.93. The number of ether oxygens (including phenoxy) is 1. The lowest BCUT2D eigenvalue weighted by molar-refractivity contribution is -0.0288. The third-order valence-electron chi connectivity index (χ3n) is 3.44. The van der Waals surface area contributed by atoms with E-state index in [1.165, 1.54) is 5.56 Å². The first-order valence-corrected chi connectivity index (χ1v) is 6.60. The molecule has 0 radical (unpaired) electrons. The van der Waals surface area contributed by atoms with Crippen LogP contribution in [0.2, 0.25) is 0 Å². The minimum absolute atomic E-state index is 0.0896. The van der Waals surface area contributed by atoms with E-state index in [0.29, 0.717) is 0 Å². The van der Waals surface area contributed by atoms with Crippen LogP contribution in [0.5, 0.6) is 0 Å². The third kappa shape index (κ3) is 3.78. The van der Waals surface area contributed by atoms with E-state index in [4.69, 9.17) is 10.6 Å². The quantitative estimate of drug-likeness (QED) is 0.627. The molecule has 0 aliphatic carbocycles. The van der Waals surface area contributed by atoms with Gasteiger partial charge in [0.15, 0.2) is 0 Å². The summed E-state index contributed by atoms with van der Waals surface area (Å²) in [5, 5.41) is 0. The fourth-order valence-corrected chi connectivity index (χ4v) is 2.33. The number of methoxy groups -OCH3 is 1. The largest absolute Gasteiger partial charge is 0.377 e. The maximum Gasteiger partial charge on any atom is 0.0817 e. The Morgan fingerprint density at radius 1 is 1.53 bits per heavy atom. The van der Waals surface area contributed by atoms with Crippen LogP contribution in [0.15, 0.2) is 28.7 Å². The van der Waals surface area contributed by atoms with E-state index in [-0.39, 0.29) is 11.6 Å². The number of benzene rings is 1. The second-order valence-corrected chi connectivity index (χ2v) is 5.34. The van der Waals surface area contributed by atoms with E-state index in [1.807, 2.05) is 12.1 Å². The van der Waals surface area contributed by atoms with Gasteiger partial charge in [0.2, 0.25) is 0 Å². The van der Waals surface area contributed by atoms with Crippen LogP contribution < -0.4 is 11.3 Å². The lowest BCUT2D eigenvalue weighted by Crippen LogP contribution is -2.53. The van der Waals surface area contributed by atoms with Gasteiger partial charge in [-0.3, -0.25) is 11.3 Å². The van der Waals surface area contributed by atoms with Gasteiger partial charge in [0.1, 0.15) is 0 Å². The first-order chi connectivity index (χ1) is 8.05. The summed E-state index contributed by atoms with van der Waals surface area (Å²) in [6.45, 7) is 4.18. The second-order valence-electron chi connectivity index (χ2n) is 4.42. The van der Waals surface area contributed by atoms with Gasteiger partial charge in [-0.2, -0.15) is 0 Å². The van der Waals surface area contributed by atoms with Gasteiger partial charge in [-0.1, -0.05) is 35.0 Å². The lowest BCUT2D eigenvalue weighted by Gasteiger charge is -2.35. The molecular formula is C13H21BrN2O. The second kappa shape index (κ2) is 6.50. The SMILES string of the molecule is CCC(C)(OC)C(Cc1cccc(Br)c1)NN. The van der Waals surface area contributed by atoms with Crippen LogP contribution in [0, 0.1) is 0 Å². The molecule has 2 unspecified atom stereocenters. The summed E-state index contributed by atoms with van der Waals surface area (Å²) in [5.41, 5.74) is 3.85. The zero-order chi connectivity index (χ0) is 12.9. The number of hydrogen-bond acceptors (Lipinski definition) is 3. The summed E-state index contributed by atoms with van der Waals surface area (Å²) in [6, 6.07) is 8.34. The predicted octanol–water partition coefficient (Wildman–Crippen LogP) is 2.64. The molecule has 0 aliphatic rings. The van der Waals surface area contributed by atoms with Crippen molar-refractivity contribution in [2.75, 3.05) is 7.11 Å². The normalized spacial score (nSPS) is 16.5. The molecule has 96 valence electrons. The van der Waals surface area contributed by atoms with Crippen LogP contribution in [0.25, 0.3) is 0 Å². The molecule has 1 aromatic rings. The Labute approximate surface area is 112 Å². The molecule has 1 rings (SSSR count). The van der Waals surface area contributed by atoms with Crippen molar-refractivity contribution in [2.24, 2.45) is 5.84 Å². The van der Waals surface area contributed by atoms with E-state index in [9.17, 15) is 0 Å². The zero-order valence-corrected chi connectivity index (χ0v) is 12.3. The standard InChI is InChI=1S/C13H21BrN2O/c1-4-13(2,17-3)12(16-15)9-10-6-5-7-11(14)8-10/h5-8,12,16H,4,9,15H2,1-3H3. The zero-order valence-electron chi connectivity index (χ0n) is 10.7. The summed E-state index contributed by atoms with van der Waals surface area (Å²) < 4.78 is 6.67. The van der Waals surface area contributed by atoms with Crippen molar-refractivity contribution >= 4 is 15.9 Å². The summed E-state index contributed by atoms with van der Waals surface area (Å²) in [4.78, 5) is 0. The van der Waals surface area contributed by atoms with E-state index in [2.05, 4.69) is 47.3 Å². The topological polar surface area (TPSA) is 47.3 Å². The first kappa shape index (κ1) is 14.6. The molecule has 2 atom stereocenters. The van der Waals surface area contributed by atoms with Gasteiger partial charge in [0, 0.05) is 11.6 Å². The highest BCUT2D eigenvalue weighted by molar-refractivity contribution is 9.10. The summed E-state index contributed by atoms with van der Waals surface area (Å²) in [6.07, 6.45) is 1.75. The minimum Gasteiger partial charge on any atom is -0.377 e. The van der Waals surface area contributed by atoms with Crippen LogP contribution in [-0.4, -0.2) is 18.8 Å². The van der Waals surface area contributed by atoms with Crippen molar-refractivity contribution in [3.05, 3.63) is 34.3 Å². The number of hydrazine groups is 1. The van der Waals surface area contributed by atoms with Crippen LogP contribution in [0.1, 0.15) is 25.8 Å². The van der Waals surface area contributed by atoms with E-state index in [1.54, 1.807) is 7.11 Å². The molecule has 4 heteroatoms. The number of nitrogens with two attached hydrogens (primary N) is 1. The molecular weight excluding hydrogens is 280 g/mol. The molecule has 0 bridgehead atoms. The number of rotatable bonds is 6. The van der Waals surface area contributed by atoms with Crippen molar-refractivity contribution < 1.29 is 4.74 Å². The van der Waals surface area contributed by atoms with Crippen molar-refractivity contribution in [1.29, 1.82) is 0 Å². The van der Waals surface area contributed by atoms with Gasteiger partial charge >= 0.3 is 0 Å². The van der Waals surface area contributed by atoms with Crippen molar-refractivity contribution in [2.45, 2.75) is 38.3 Å². The smallest absolute Gasteiger partial charge is 0.0817 e. The maximum absolute atomic E-state index is 5.65. The van der Waals surface area contributed by atoms with Gasteiger partial charge in [-0.25, -0.2) is 0 Å². The molecule has 0 amide bonds. The van der Waals surface area contributed by atoms with Gasteiger partial charge in [-0.05, 0) is 37.5 Å². The van der Waals surface area contributed by atoms with Gasteiger partial charge in [-0.15, -0.1) is 0 Å². The maximum atomic E-state index is 5.65. The van der Waals surface area contributed by atoms with Crippen molar-refractivity contribution in [3.8, 4) is 0 Å². The van der Waals surface area contributed by atoms with Crippen molar-refractivity contribution in [1.82, 2.24) is 5.43 Å². The Kier molecular flexibility index (Phi) is 5.59. The average molecular weight is 301 g/mol. The molecule has 17 heavy (non-hydrogen) atoms. The Morgan fingerprint density at radius 2 is 2.24 bits per heavy atom. The molecule has 0 heterocycles. The molecule has 0 aliphatic heterocycles. The molecule has 0 aromatic heterocycles. The predicted molar refractivity (Wildman–Crippen MR) is 74.7 cm³/mol. The van der Waals surface area contributed by atoms with E-state index >= 15 is 0 Å². The first-order valence-electron chi connectivity index (χ1n) is 5.81. The van der Waals surface area contributed by atoms with Gasteiger partial charge in [0.25, 0.3) is 0 Å². The number of nitrogens with one attached hydrogen (secondary N) is 1. The van der Waals surface area contributed by atoms with Crippen LogP contribution in [0.4, 0.5) is 0 Å². The van der Waals surface area contributed by atoms with E-state index in [0.717, 1.165) is 17.3 Å². The number of halogens is 1. The Hall–Kier alpha value is -0.420. The lowest BCUT2D eigenvalue weighted by atomic mass is 9.89. The Balaban J connectivity index is 2.83. The summed E-state index contributed by atoms with van der Waals surface area (Å²) in [7, 11) is 1.73. The highest BCUT2D eigenvalue weighted by Gasteiger charge is 2.31. The number of hydrogen-bond donors (Lipinski definition) is 2. The molecule has 0 saturated heterocycles. The fourth-order valence-electron chi connectivity index (χ4n) is 1.88. The molecule has 0 fully saturated rings. The van der Waals surface area contributed by atoms with Crippen molar-refractivity contribution in [3.63, 3.8) is 0 Å². The van der Waals surface area contributed by atoms with Crippen LogP contribution in [-0.2, 0) is 11.2 Å². The Bertz CT molecular complexity index is 353. The molecule has 0 spiro atoms. The highest BCUT2D eigenvalue weighted by Crippen LogP contribution is 2.23. The summed E-state index contributed by atoms with van der Waals surface area (Å²) >= 11 is 3.48. The molecule has 3 nitrogen and oxygen atoms in total. The monoisotopic (exact) mass is 300 g/mol. The van der Waals surface area contributed by atoms with E-state index < -0.39 is 0 Å². The van der Waals surface area contributed by atoms with Crippen LogP contribution >= 0.6 is 15.9 Å². The average Bonchev–Trinajstić information content (AvgIpc) is 2.35. The Morgan fingerprint density at radius 3 is 2.71 bits per heavy atom. The molecule has 1 aromatic carbocycles. The van der Waals surface area contributed by atoms with Gasteiger partial charge < -0.3 is 4.74 Å². The van der Waals surface area contributed by atoms with Crippen LogP contribution in [0.3, 0.4) is 0 Å². The molecule has 0 saturated carbocycles. The van der Waals surface area contributed by atoms with Gasteiger partial charge in [0.05, 0.1) is 11.6 Å². The highest BCUT2D eigenvalue weighted by atomic mass is 79.9. The molecule has 3 N–H and O–H groups in total. The minimum atomic E-state index is -0.253. The summed E-state index contributed by atoms with van der Waals surface area (Å²) in [5.74, 6) is 5.65.